The van der Waals surface area contributed by atoms with Crippen molar-refractivity contribution in [3.05, 3.63) is 0 Å². The number of rotatable bonds is 7. The predicted octanol–water partition coefficient (Wildman–Crippen LogP) is 3.80. The van der Waals surface area contributed by atoms with Crippen LogP contribution in [0.5, 0.6) is 0 Å². The van der Waals surface area contributed by atoms with Crippen molar-refractivity contribution >= 4 is 34.9 Å². The third-order valence-electron chi connectivity index (χ3n) is 3.82. The topological polar surface area (TPSA) is 61.6 Å². The smallest absolute Gasteiger partial charge is 0.175 e. The molecule has 4 nitrogen and oxygen atoms in total. The molecule has 2 rings (SSSR count). The average molecular weight is 343 g/mol. The van der Waals surface area contributed by atoms with Gasteiger partial charge in [0.1, 0.15) is 5.54 Å². The normalized spacial score (nSPS) is 25.4. The number of thioether (sulfide) groups is 2. The van der Waals surface area contributed by atoms with E-state index in [1.165, 1.54) is 0 Å². The summed E-state index contributed by atoms with van der Waals surface area (Å²) in [6, 6.07) is 2.92. The fourth-order valence-corrected chi connectivity index (χ4v) is 5.54. The van der Waals surface area contributed by atoms with Gasteiger partial charge in [-0.05, 0) is 45.3 Å². The summed E-state index contributed by atoms with van der Waals surface area (Å²) in [7, 11) is 0. The number of hydrogen-bond donors (Lipinski definition) is 1. The van der Waals surface area contributed by atoms with E-state index in [1.54, 1.807) is 34.9 Å². The molecule has 0 saturated heterocycles. The maximum atomic E-state index is 9.65. The summed E-state index contributed by atoms with van der Waals surface area (Å²) in [4.78, 5) is 0. The lowest BCUT2D eigenvalue weighted by Gasteiger charge is -2.32. The Kier molecular flexibility index (Phi) is 6.35. The molecule has 0 amide bonds. The highest BCUT2D eigenvalue weighted by atomic mass is 32.2. The van der Waals surface area contributed by atoms with E-state index in [9.17, 15) is 5.26 Å². The van der Waals surface area contributed by atoms with Gasteiger partial charge in [-0.3, -0.25) is 5.32 Å². The van der Waals surface area contributed by atoms with Gasteiger partial charge in [0.2, 0.25) is 0 Å². The van der Waals surface area contributed by atoms with Gasteiger partial charge in [0.15, 0.2) is 8.68 Å². The van der Waals surface area contributed by atoms with Gasteiger partial charge in [-0.1, -0.05) is 41.3 Å². The Morgan fingerprint density at radius 3 is 2.86 bits per heavy atom. The molecule has 0 radical (unpaired) electrons. The van der Waals surface area contributed by atoms with Crippen LogP contribution >= 0.6 is 34.9 Å². The Balaban J connectivity index is 1.88. The minimum atomic E-state index is -0.319. The molecule has 1 aliphatic carbocycles. The van der Waals surface area contributed by atoms with Crippen molar-refractivity contribution in [2.75, 3.05) is 12.0 Å². The zero-order valence-corrected chi connectivity index (χ0v) is 15.2. The zero-order valence-electron chi connectivity index (χ0n) is 12.8. The van der Waals surface area contributed by atoms with Crippen LogP contribution in [-0.2, 0) is 0 Å². The van der Waals surface area contributed by atoms with Crippen LogP contribution < -0.4 is 5.32 Å². The van der Waals surface area contributed by atoms with Gasteiger partial charge in [0.25, 0.3) is 0 Å². The van der Waals surface area contributed by atoms with Gasteiger partial charge >= 0.3 is 0 Å². The molecule has 0 bridgehead atoms. The number of aromatic nitrogens is 2. The lowest BCUT2D eigenvalue weighted by molar-refractivity contribution is 0.289. The maximum absolute atomic E-state index is 9.65. The Morgan fingerprint density at radius 2 is 2.24 bits per heavy atom. The Bertz CT molecular complexity index is 497. The van der Waals surface area contributed by atoms with E-state index in [2.05, 4.69) is 35.4 Å². The monoisotopic (exact) mass is 342 g/mol. The first-order valence-corrected chi connectivity index (χ1v) is 10.3. The van der Waals surface area contributed by atoms with E-state index in [-0.39, 0.29) is 5.54 Å². The maximum Gasteiger partial charge on any atom is 0.175 e. The molecule has 1 fully saturated rings. The summed E-state index contributed by atoms with van der Waals surface area (Å²) >= 11 is 5.06. The van der Waals surface area contributed by atoms with Crippen LogP contribution in [0.3, 0.4) is 0 Å². The molecule has 0 aromatic carbocycles. The van der Waals surface area contributed by atoms with Gasteiger partial charge < -0.3 is 0 Å². The lowest BCUT2D eigenvalue weighted by atomic mass is 9.86. The Hall–Kier alpha value is -0.290. The van der Waals surface area contributed by atoms with Crippen LogP contribution in [0.2, 0.25) is 0 Å². The first-order chi connectivity index (χ1) is 10.1. The molecule has 2 atom stereocenters. The van der Waals surface area contributed by atoms with Crippen molar-refractivity contribution in [3.63, 3.8) is 0 Å². The highest BCUT2D eigenvalue weighted by Crippen LogP contribution is 2.39. The largest absolute Gasteiger partial charge is 0.297 e. The second-order valence-corrected chi connectivity index (χ2v) is 9.02. The minimum Gasteiger partial charge on any atom is -0.297 e. The molecule has 1 heterocycles. The van der Waals surface area contributed by atoms with Crippen molar-refractivity contribution in [1.29, 1.82) is 5.26 Å². The molecule has 0 aliphatic heterocycles. The molecule has 21 heavy (non-hydrogen) atoms. The zero-order chi connectivity index (χ0) is 15.3. The number of nitrogens with one attached hydrogen (secondary N) is 1. The third-order valence-corrected chi connectivity index (χ3v) is 6.89. The third kappa shape index (κ3) is 4.35. The average Bonchev–Trinajstić information content (AvgIpc) is 3.06. The lowest BCUT2D eigenvalue weighted by Crippen LogP contribution is -2.50. The molecule has 1 N–H and O–H groups in total. The van der Waals surface area contributed by atoms with E-state index in [4.69, 9.17) is 0 Å². The molecule has 7 heteroatoms. The van der Waals surface area contributed by atoms with E-state index >= 15 is 0 Å². The van der Waals surface area contributed by atoms with E-state index in [0.29, 0.717) is 12.0 Å². The van der Waals surface area contributed by atoms with Crippen LogP contribution in [-0.4, -0.2) is 33.8 Å². The summed E-state index contributed by atoms with van der Waals surface area (Å²) in [5.41, 5.74) is -0.319. The van der Waals surface area contributed by atoms with E-state index in [0.717, 1.165) is 40.1 Å². The molecule has 116 valence electrons. The molecule has 1 aromatic heterocycles. The summed E-state index contributed by atoms with van der Waals surface area (Å²) in [5, 5.41) is 21.5. The summed E-state index contributed by atoms with van der Waals surface area (Å²) in [6.45, 7) is 4.24. The fourth-order valence-electron chi connectivity index (χ4n) is 2.98. The van der Waals surface area contributed by atoms with Crippen LogP contribution in [0.15, 0.2) is 8.68 Å². The first-order valence-electron chi connectivity index (χ1n) is 7.29. The molecular weight excluding hydrogens is 320 g/mol. The fraction of sp³-hybridized carbons (Fsp3) is 0.786. The van der Waals surface area contributed by atoms with E-state index in [1.807, 2.05) is 6.26 Å². The van der Waals surface area contributed by atoms with Crippen molar-refractivity contribution in [1.82, 2.24) is 15.5 Å². The van der Waals surface area contributed by atoms with Gasteiger partial charge in [0.05, 0.1) is 6.07 Å². The van der Waals surface area contributed by atoms with Crippen molar-refractivity contribution in [3.8, 4) is 6.07 Å². The number of nitrogens with zero attached hydrogens (tertiary/aromatic N) is 3. The van der Waals surface area contributed by atoms with Gasteiger partial charge in [0, 0.05) is 11.8 Å². The molecule has 1 aromatic rings. The van der Waals surface area contributed by atoms with Gasteiger partial charge in [-0.2, -0.15) is 5.26 Å². The molecule has 1 aliphatic rings. The van der Waals surface area contributed by atoms with Crippen LogP contribution in [0.1, 0.15) is 39.5 Å². The first kappa shape index (κ1) is 17.1. The second kappa shape index (κ2) is 7.82. The van der Waals surface area contributed by atoms with Gasteiger partial charge in [-0.25, -0.2) is 0 Å². The number of nitriles is 1. The van der Waals surface area contributed by atoms with Crippen LogP contribution in [0.25, 0.3) is 0 Å². The van der Waals surface area contributed by atoms with Crippen LogP contribution in [0, 0.1) is 17.2 Å². The second-order valence-electron chi connectivity index (χ2n) is 5.65. The predicted molar refractivity (Wildman–Crippen MR) is 91.0 cm³/mol. The Labute approximate surface area is 139 Å². The molecular formula is C14H22N4S3. The van der Waals surface area contributed by atoms with Crippen molar-refractivity contribution in [2.24, 2.45) is 5.92 Å². The van der Waals surface area contributed by atoms with E-state index < -0.39 is 0 Å². The number of hydrogen-bond acceptors (Lipinski definition) is 7. The summed E-state index contributed by atoms with van der Waals surface area (Å²) < 4.78 is 2.06. The molecule has 1 saturated carbocycles. The molecule has 2 unspecified atom stereocenters. The Morgan fingerprint density at radius 1 is 1.48 bits per heavy atom. The molecule has 0 spiro atoms. The SMILES string of the molecule is CSc1nnc(SCCC2CCCC2(C#N)NC(C)C)s1. The minimum absolute atomic E-state index is 0.319. The van der Waals surface area contributed by atoms with Crippen molar-refractivity contribution < 1.29 is 0 Å². The highest BCUT2D eigenvalue weighted by Gasteiger charge is 2.42. The highest BCUT2D eigenvalue weighted by molar-refractivity contribution is 8.02. The van der Waals surface area contributed by atoms with Gasteiger partial charge in [-0.15, -0.1) is 10.2 Å². The summed E-state index contributed by atoms with van der Waals surface area (Å²) in [6.07, 6.45) is 6.36. The van der Waals surface area contributed by atoms with Crippen molar-refractivity contribution in [2.45, 2.75) is 59.8 Å². The standard InChI is InChI=1S/C14H22N4S3/c1-10(2)16-14(9-15)7-4-5-11(14)6-8-20-13-18-17-12(19-3)21-13/h10-11,16H,4-8H2,1-3H3. The summed E-state index contributed by atoms with van der Waals surface area (Å²) in [5.74, 6) is 1.46. The van der Waals surface area contributed by atoms with Crippen LogP contribution in [0.4, 0.5) is 0 Å². The quantitative estimate of drug-likeness (QED) is 0.761.